The summed E-state index contributed by atoms with van der Waals surface area (Å²) in [5, 5.41) is 2.61. The Hall–Kier alpha value is -2.42. The maximum absolute atomic E-state index is 4.66. The summed E-state index contributed by atoms with van der Waals surface area (Å²) < 4.78 is 0. The maximum Gasteiger partial charge on any atom is 0.0733 e. The Morgan fingerprint density at radius 2 is 1.48 bits per heavy atom. The van der Waals surface area contributed by atoms with Gasteiger partial charge >= 0.3 is 0 Å². The van der Waals surface area contributed by atoms with E-state index in [2.05, 4.69) is 90.5 Å². The first-order valence-corrected chi connectivity index (χ1v) is 9.08. The molecule has 1 nitrogen and oxygen atoms in total. The lowest BCUT2D eigenvalue weighted by atomic mass is 10.3. The van der Waals surface area contributed by atoms with Crippen LogP contribution in [0, 0.1) is 11.8 Å². The van der Waals surface area contributed by atoms with Gasteiger partial charge in [-0.15, -0.1) is 0 Å². The third-order valence-electron chi connectivity index (χ3n) is 3.41. The Balaban J connectivity index is 2.09. The monoisotopic (exact) mass is 315 g/mol. The number of nitrogens with zero attached hydrogens (tertiary/aromatic N) is 1. The Morgan fingerprint density at radius 3 is 2.04 bits per heavy atom. The molecule has 0 saturated heterocycles. The Kier molecular flexibility index (Phi) is 5.20. The number of pyridine rings is 1. The molecule has 3 aromatic rings. The quantitative estimate of drug-likeness (QED) is 0.531. The first-order valence-electron chi connectivity index (χ1n) is 7.73. The topological polar surface area (TPSA) is 12.9 Å². The largest absolute Gasteiger partial charge is 0.256 e. The summed E-state index contributed by atoms with van der Waals surface area (Å²) in [7, 11) is -0.656. The van der Waals surface area contributed by atoms with Gasteiger partial charge in [-0.25, -0.2) is 0 Å². The molecule has 0 saturated carbocycles. The van der Waals surface area contributed by atoms with Crippen LogP contribution in [0.5, 0.6) is 0 Å². The number of hydrogen-bond donors (Lipinski definition) is 0. The summed E-state index contributed by atoms with van der Waals surface area (Å²) >= 11 is 0. The van der Waals surface area contributed by atoms with Gasteiger partial charge in [-0.2, -0.15) is 0 Å². The average Bonchev–Trinajstić information content (AvgIpc) is 2.62. The molecule has 2 aromatic carbocycles. The zero-order chi connectivity index (χ0) is 15.9. The van der Waals surface area contributed by atoms with Crippen molar-refractivity contribution in [3.8, 4) is 11.8 Å². The van der Waals surface area contributed by atoms with Gasteiger partial charge in [0.2, 0.25) is 0 Å². The second kappa shape index (κ2) is 7.73. The highest BCUT2D eigenvalue weighted by atomic mass is 31.1. The fourth-order valence-corrected chi connectivity index (χ4v) is 4.59. The number of benzene rings is 2. The van der Waals surface area contributed by atoms with Crippen molar-refractivity contribution in [1.82, 2.24) is 4.98 Å². The maximum atomic E-state index is 4.66. The molecule has 23 heavy (non-hydrogen) atoms. The van der Waals surface area contributed by atoms with Crippen LogP contribution >= 0.6 is 7.92 Å². The van der Waals surface area contributed by atoms with E-state index in [0.29, 0.717) is 0 Å². The van der Waals surface area contributed by atoms with Gasteiger partial charge in [-0.05, 0) is 22.7 Å². The Bertz CT molecular complexity index is 777. The highest BCUT2D eigenvalue weighted by molar-refractivity contribution is 7.79. The molecule has 0 radical (unpaired) electrons. The van der Waals surface area contributed by atoms with E-state index in [1.807, 2.05) is 12.3 Å². The van der Waals surface area contributed by atoms with Gasteiger partial charge in [-0.3, -0.25) is 4.98 Å². The van der Waals surface area contributed by atoms with Gasteiger partial charge in [0.15, 0.2) is 0 Å². The SMILES string of the molecule is CCC#Cc1ccnc(P(c2ccccc2)c2ccccc2)c1. The van der Waals surface area contributed by atoms with Crippen LogP contribution in [0.25, 0.3) is 0 Å². The summed E-state index contributed by atoms with van der Waals surface area (Å²) in [6, 6.07) is 25.3. The number of aromatic nitrogens is 1. The third kappa shape index (κ3) is 3.86. The van der Waals surface area contributed by atoms with Crippen LogP contribution < -0.4 is 16.0 Å². The predicted molar refractivity (Wildman–Crippen MR) is 100 cm³/mol. The molecule has 3 rings (SSSR count). The van der Waals surface area contributed by atoms with Crippen molar-refractivity contribution in [1.29, 1.82) is 0 Å². The molecule has 1 heterocycles. The van der Waals surface area contributed by atoms with Gasteiger partial charge in [0.05, 0.1) is 5.44 Å². The fraction of sp³-hybridized carbons (Fsp3) is 0.0952. The Labute approximate surface area is 139 Å². The van der Waals surface area contributed by atoms with Crippen LogP contribution in [0.15, 0.2) is 79.0 Å². The van der Waals surface area contributed by atoms with E-state index in [1.54, 1.807) is 0 Å². The molecular weight excluding hydrogens is 297 g/mol. The Morgan fingerprint density at radius 1 is 0.870 bits per heavy atom. The first kappa shape index (κ1) is 15.5. The second-order valence-electron chi connectivity index (χ2n) is 5.06. The van der Waals surface area contributed by atoms with Gasteiger partial charge < -0.3 is 0 Å². The average molecular weight is 315 g/mol. The highest BCUT2D eigenvalue weighted by Crippen LogP contribution is 2.31. The van der Waals surface area contributed by atoms with E-state index in [-0.39, 0.29) is 0 Å². The van der Waals surface area contributed by atoms with E-state index >= 15 is 0 Å². The predicted octanol–water partition coefficient (Wildman–Crippen LogP) is 3.60. The van der Waals surface area contributed by atoms with Gasteiger partial charge in [0.25, 0.3) is 0 Å². The van der Waals surface area contributed by atoms with Crippen molar-refractivity contribution in [3.63, 3.8) is 0 Å². The van der Waals surface area contributed by atoms with Crippen molar-refractivity contribution in [3.05, 3.63) is 84.6 Å². The molecule has 0 bridgehead atoms. The molecule has 2 heteroatoms. The van der Waals surface area contributed by atoms with Crippen LogP contribution in [-0.2, 0) is 0 Å². The normalized spacial score (nSPS) is 10.2. The van der Waals surface area contributed by atoms with E-state index in [9.17, 15) is 0 Å². The third-order valence-corrected chi connectivity index (χ3v) is 5.74. The molecule has 0 atom stereocenters. The van der Waals surface area contributed by atoms with Crippen molar-refractivity contribution in [2.75, 3.05) is 0 Å². The lowest BCUT2D eigenvalue weighted by molar-refractivity contribution is 1.28. The summed E-state index contributed by atoms with van der Waals surface area (Å²) in [6.45, 7) is 2.07. The van der Waals surface area contributed by atoms with Crippen LogP contribution in [0.3, 0.4) is 0 Å². The molecule has 0 amide bonds. The summed E-state index contributed by atoms with van der Waals surface area (Å²) in [6.07, 6.45) is 2.74. The van der Waals surface area contributed by atoms with Crippen molar-refractivity contribution < 1.29 is 0 Å². The number of hydrogen-bond acceptors (Lipinski definition) is 1. The van der Waals surface area contributed by atoms with Gasteiger partial charge in [-0.1, -0.05) is 79.4 Å². The lowest BCUT2D eigenvalue weighted by Crippen LogP contribution is -2.22. The molecule has 0 aliphatic heterocycles. The zero-order valence-corrected chi connectivity index (χ0v) is 14.0. The summed E-state index contributed by atoms with van der Waals surface area (Å²) in [4.78, 5) is 4.66. The van der Waals surface area contributed by atoms with Crippen molar-refractivity contribution in [2.45, 2.75) is 13.3 Å². The first-order chi connectivity index (χ1) is 11.4. The van der Waals surface area contributed by atoms with Gasteiger partial charge in [0, 0.05) is 26.1 Å². The standard InChI is InChI=1S/C21H18NP/c1-2-3-10-18-15-16-22-21(17-18)23(19-11-6-4-7-12-19)20-13-8-5-9-14-20/h4-9,11-17H,2H2,1H3. The van der Waals surface area contributed by atoms with Crippen LogP contribution in [0.4, 0.5) is 0 Å². The summed E-state index contributed by atoms with van der Waals surface area (Å²) in [5.41, 5.74) is 2.14. The van der Waals surface area contributed by atoms with Crippen molar-refractivity contribution >= 4 is 24.0 Å². The highest BCUT2D eigenvalue weighted by Gasteiger charge is 2.17. The van der Waals surface area contributed by atoms with Crippen LogP contribution in [0.2, 0.25) is 0 Å². The second-order valence-corrected chi connectivity index (χ2v) is 7.23. The molecule has 0 unspecified atom stereocenters. The van der Waals surface area contributed by atoms with Gasteiger partial charge in [0.1, 0.15) is 0 Å². The van der Waals surface area contributed by atoms with Crippen LogP contribution in [-0.4, -0.2) is 4.98 Å². The van der Waals surface area contributed by atoms with E-state index in [4.69, 9.17) is 0 Å². The fourth-order valence-electron chi connectivity index (χ4n) is 2.38. The molecule has 0 aliphatic rings. The molecule has 0 N–H and O–H groups in total. The molecular formula is C21H18NP. The smallest absolute Gasteiger partial charge is 0.0733 e. The minimum atomic E-state index is -0.656. The molecule has 112 valence electrons. The van der Waals surface area contributed by atoms with E-state index in [1.165, 1.54) is 10.6 Å². The molecule has 1 aromatic heterocycles. The number of rotatable bonds is 3. The molecule has 0 aliphatic carbocycles. The lowest BCUT2D eigenvalue weighted by Gasteiger charge is -2.18. The van der Waals surface area contributed by atoms with Crippen molar-refractivity contribution in [2.24, 2.45) is 0 Å². The minimum absolute atomic E-state index is 0.656. The molecule has 0 fully saturated rings. The molecule has 0 spiro atoms. The summed E-state index contributed by atoms with van der Waals surface area (Å²) in [5.74, 6) is 6.35. The zero-order valence-electron chi connectivity index (χ0n) is 13.1. The van der Waals surface area contributed by atoms with E-state index < -0.39 is 7.92 Å². The minimum Gasteiger partial charge on any atom is -0.256 e. The van der Waals surface area contributed by atoms with E-state index in [0.717, 1.165) is 17.4 Å². The van der Waals surface area contributed by atoms with Crippen LogP contribution in [0.1, 0.15) is 18.9 Å².